The highest BCUT2D eigenvalue weighted by molar-refractivity contribution is 7.94. The molecule has 1 fully saturated rings. The zero-order chi connectivity index (χ0) is 8.10. The molecule has 0 unspecified atom stereocenters. The first-order valence-corrected chi connectivity index (χ1v) is 4.41. The van der Waals surface area contributed by atoms with Crippen molar-refractivity contribution in [2.75, 3.05) is 13.1 Å². The largest absolute Gasteiger partial charge is 0.464 e. The molecule has 0 aliphatic carbocycles. The zero-order valence-electron chi connectivity index (χ0n) is 6.23. The molecule has 0 aromatic heterocycles. The van der Waals surface area contributed by atoms with Crippen LogP contribution in [0.15, 0.2) is 0 Å². The number of piperidine rings is 1. The average Bonchev–Trinajstić information content (AvgIpc) is 2.07. The molecule has 0 saturated carbocycles. The second kappa shape index (κ2) is 4.58. The van der Waals surface area contributed by atoms with E-state index in [2.05, 4.69) is 4.31 Å². The van der Waals surface area contributed by atoms with Gasteiger partial charge in [-0.05, 0) is 12.8 Å². The maximum atomic E-state index is 9.96. The third-order valence-electron chi connectivity index (χ3n) is 1.80. The van der Waals surface area contributed by atoms with Gasteiger partial charge in [0.2, 0.25) is 0 Å². The van der Waals surface area contributed by atoms with E-state index >= 15 is 0 Å². The Bertz CT molecular complexity index is 126. The molecule has 11 heavy (non-hydrogen) atoms. The van der Waals surface area contributed by atoms with Crippen molar-refractivity contribution in [2.45, 2.75) is 18.9 Å². The average molecular weight is 176 g/mol. The molecule has 0 spiro atoms. The van der Waals surface area contributed by atoms with Crippen LogP contribution in [0.1, 0.15) is 12.8 Å². The first-order chi connectivity index (χ1) is 5.36. The molecule has 0 atom stereocenters. The third kappa shape index (κ3) is 2.69. The molecule has 1 saturated heterocycles. The highest BCUT2D eigenvalue weighted by Crippen LogP contribution is 2.16. The van der Waals surface area contributed by atoms with Crippen molar-refractivity contribution in [3.05, 3.63) is 0 Å². The van der Waals surface area contributed by atoms with E-state index in [1.54, 1.807) is 0 Å². The molecule has 5 heteroatoms. The van der Waals surface area contributed by atoms with Gasteiger partial charge >= 0.3 is 0 Å². The summed E-state index contributed by atoms with van der Waals surface area (Å²) in [6.45, 7) is 2.33. The molecule has 64 valence electrons. The summed E-state index contributed by atoms with van der Waals surface area (Å²) in [4.78, 5) is 9.96. The lowest BCUT2D eigenvalue weighted by molar-refractivity contribution is -0.135. The van der Waals surface area contributed by atoms with Gasteiger partial charge in [0.1, 0.15) is 6.10 Å². The van der Waals surface area contributed by atoms with Crippen LogP contribution in [0.4, 0.5) is 0 Å². The van der Waals surface area contributed by atoms with E-state index in [9.17, 15) is 4.79 Å². The number of rotatable bonds is 3. The number of carbonyl (C=O) groups excluding carboxylic acids is 1. The smallest absolute Gasteiger partial charge is 0.293 e. The van der Waals surface area contributed by atoms with E-state index in [1.165, 1.54) is 12.1 Å². The van der Waals surface area contributed by atoms with Gasteiger partial charge in [-0.25, -0.2) is 4.31 Å². The van der Waals surface area contributed by atoms with Crippen molar-refractivity contribution >= 4 is 18.6 Å². The van der Waals surface area contributed by atoms with Gasteiger partial charge < -0.3 is 4.74 Å². The Morgan fingerprint density at radius 1 is 1.55 bits per heavy atom. The molecule has 1 aliphatic rings. The number of ether oxygens (including phenoxy) is 1. The number of nitrogens with two attached hydrogens (primary N) is 1. The molecule has 1 aliphatic heterocycles. The van der Waals surface area contributed by atoms with Gasteiger partial charge in [0.05, 0.1) is 0 Å². The standard InChI is InChI=1S/C6H12N2O2S/c7-11-8-3-1-6(2-4-8)10-5-9/h5-6H,1-4,7H2. The van der Waals surface area contributed by atoms with Crippen LogP contribution in [0.25, 0.3) is 0 Å². The Morgan fingerprint density at radius 2 is 2.18 bits per heavy atom. The van der Waals surface area contributed by atoms with Gasteiger partial charge in [-0.15, -0.1) is 0 Å². The molecule has 1 rings (SSSR count). The Balaban J connectivity index is 2.18. The Kier molecular flexibility index (Phi) is 3.68. The van der Waals surface area contributed by atoms with E-state index in [-0.39, 0.29) is 6.10 Å². The summed E-state index contributed by atoms with van der Waals surface area (Å²) >= 11 is 1.26. The highest BCUT2D eigenvalue weighted by atomic mass is 32.2. The number of nitrogens with zero attached hydrogens (tertiary/aromatic N) is 1. The van der Waals surface area contributed by atoms with Gasteiger partial charge in [0, 0.05) is 25.2 Å². The lowest BCUT2D eigenvalue weighted by Gasteiger charge is -2.28. The molecule has 0 radical (unpaired) electrons. The van der Waals surface area contributed by atoms with Crippen LogP contribution < -0.4 is 5.14 Å². The SMILES string of the molecule is NSN1CCC(OC=O)CC1. The van der Waals surface area contributed by atoms with Crippen LogP contribution in [0, 0.1) is 0 Å². The Hall–Kier alpha value is -0.260. The van der Waals surface area contributed by atoms with Crippen molar-refractivity contribution in [3.63, 3.8) is 0 Å². The lowest BCUT2D eigenvalue weighted by Crippen LogP contribution is -2.33. The van der Waals surface area contributed by atoms with Crippen LogP contribution in [-0.2, 0) is 9.53 Å². The molecule has 0 bridgehead atoms. The summed E-state index contributed by atoms with van der Waals surface area (Å²) in [5, 5.41) is 5.35. The second-order valence-electron chi connectivity index (χ2n) is 2.47. The highest BCUT2D eigenvalue weighted by Gasteiger charge is 2.19. The number of hydrogen-bond donors (Lipinski definition) is 1. The normalized spacial score (nSPS) is 21.5. The first kappa shape index (κ1) is 8.83. The first-order valence-electron chi connectivity index (χ1n) is 3.57. The van der Waals surface area contributed by atoms with Gasteiger partial charge in [-0.3, -0.25) is 9.93 Å². The maximum Gasteiger partial charge on any atom is 0.293 e. The van der Waals surface area contributed by atoms with Crippen LogP contribution in [0.2, 0.25) is 0 Å². The van der Waals surface area contributed by atoms with E-state index in [0.29, 0.717) is 6.47 Å². The van der Waals surface area contributed by atoms with Crippen LogP contribution in [0.3, 0.4) is 0 Å². The van der Waals surface area contributed by atoms with Crippen molar-refractivity contribution in [3.8, 4) is 0 Å². The molecule has 0 aromatic rings. The molecular weight excluding hydrogens is 164 g/mol. The van der Waals surface area contributed by atoms with E-state index in [0.717, 1.165) is 25.9 Å². The molecule has 0 amide bonds. The van der Waals surface area contributed by atoms with Gasteiger partial charge in [-0.2, -0.15) is 0 Å². The van der Waals surface area contributed by atoms with Crippen molar-refractivity contribution in [1.29, 1.82) is 0 Å². The summed E-state index contributed by atoms with van der Waals surface area (Å²) < 4.78 is 6.88. The van der Waals surface area contributed by atoms with Gasteiger partial charge in [0.15, 0.2) is 0 Å². The zero-order valence-corrected chi connectivity index (χ0v) is 7.05. The topological polar surface area (TPSA) is 55.6 Å². The van der Waals surface area contributed by atoms with E-state index in [4.69, 9.17) is 9.88 Å². The molecule has 0 aromatic carbocycles. The summed E-state index contributed by atoms with van der Waals surface area (Å²) in [6.07, 6.45) is 1.89. The summed E-state index contributed by atoms with van der Waals surface area (Å²) in [5.74, 6) is 0. The predicted octanol–water partition coefficient (Wildman–Crippen LogP) is 0.146. The van der Waals surface area contributed by atoms with Crippen LogP contribution >= 0.6 is 12.1 Å². The molecule has 2 N–H and O–H groups in total. The fraction of sp³-hybridized carbons (Fsp3) is 0.833. The minimum absolute atomic E-state index is 0.107. The van der Waals surface area contributed by atoms with Crippen molar-refractivity contribution < 1.29 is 9.53 Å². The quantitative estimate of drug-likeness (QED) is 0.490. The third-order valence-corrected chi connectivity index (χ3v) is 2.46. The molecule has 4 nitrogen and oxygen atoms in total. The summed E-state index contributed by atoms with van der Waals surface area (Å²) in [6, 6.07) is 0. The minimum Gasteiger partial charge on any atom is -0.464 e. The minimum atomic E-state index is 0.107. The van der Waals surface area contributed by atoms with Gasteiger partial charge in [0.25, 0.3) is 6.47 Å². The monoisotopic (exact) mass is 176 g/mol. The molecule has 1 heterocycles. The maximum absolute atomic E-state index is 9.96. The summed E-state index contributed by atoms with van der Waals surface area (Å²) in [5.41, 5.74) is 0. The van der Waals surface area contributed by atoms with Crippen LogP contribution in [-0.4, -0.2) is 30.0 Å². The Labute approximate surface area is 70.3 Å². The summed E-state index contributed by atoms with van der Waals surface area (Å²) in [7, 11) is 0. The predicted molar refractivity (Wildman–Crippen MR) is 43.5 cm³/mol. The Morgan fingerprint density at radius 3 is 2.64 bits per heavy atom. The number of carbonyl (C=O) groups is 1. The fourth-order valence-electron chi connectivity index (χ4n) is 1.15. The second-order valence-corrected chi connectivity index (χ2v) is 3.19. The lowest BCUT2D eigenvalue weighted by atomic mass is 10.1. The van der Waals surface area contributed by atoms with Crippen molar-refractivity contribution in [1.82, 2.24) is 4.31 Å². The number of hydrogen-bond acceptors (Lipinski definition) is 5. The van der Waals surface area contributed by atoms with E-state index in [1.807, 2.05) is 0 Å². The fourth-order valence-corrected chi connectivity index (χ4v) is 1.57. The van der Waals surface area contributed by atoms with Gasteiger partial charge in [-0.1, -0.05) is 0 Å². The van der Waals surface area contributed by atoms with Crippen LogP contribution in [0.5, 0.6) is 0 Å². The molecular formula is C6H12N2O2S. The van der Waals surface area contributed by atoms with E-state index < -0.39 is 0 Å². The van der Waals surface area contributed by atoms with Crippen molar-refractivity contribution in [2.24, 2.45) is 5.14 Å².